The summed E-state index contributed by atoms with van der Waals surface area (Å²) in [4.78, 5) is 37.8. The third-order valence-corrected chi connectivity index (χ3v) is 6.82. The number of likely N-dealkylation sites (tertiary alicyclic amines) is 1. The molecule has 8 heteroatoms. The Balaban J connectivity index is 1.26. The van der Waals surface area contributed by atoms with Gasteiger partial charge >= 0.3 is 12.1 Å². The minimum absolute atomic E-state index is 0.0144. The first kappa shape index (κ1) is 24.7. The highest BCUT2D eigenvalue weighted by molar-refractivity contribution is 5.79. The molecule has 1 fully saturated rings. The van der Waals surface area contributed by atoms with E-state index in [1.807, 2.05) is 31.2 Å². The number of alkyl carbamates (subject to hydrolysis) is 1. The average Bonchev–Trinajstić information content (AvgIpc) is 3.19. The fraction of sp³-hybridized carbons (Fsp3) is 0.444. The lowest BCUT2D eigenvalue weighted by Crippen LogP contribution is -2.45. The molecule has 1 aliphatic carbocycles. The van der Waals surface area contributed by atoms with Crippen LogP contribution >= 0.6 is 0 Å². The molecule has 1 aliphatic heterocycles. The molecule has 4 rings (SSSR count). The van der Waals surface area contributed by atoms with Crippen LogP contribution in [-0.4, -0.2) is 66.4 Å². The highest BCUT2D eigenvalue weighted by Crippen LogP contribution is 2.44. The summed E-state index contributed by atoms with van der Waals surface area (Å²) in [5.41, 5.74) is 4.65. The monoisotopic (exact) mass is 480 g/mol. The molecular weight excluding hydrogens is 448 g/mol. The van der Waals surface area contributed by atoms with Gasteiger partial charge in [-0.15, -0.1) is 0 Å². The molecule has 0 aromatic heterocycles. The quantitative estimate of drug-likeness (QED) is 0.566. The van der Waals surface area contributed by atoms with Gasteiger partial charge in [-0.1, -0.05) is 55.5 Å². The zero-order valence-corrected chi connectivity index (χ0v) is 19.9. The molecule has 0 bridgehead atoms. The zero-order chi connectivity index (χ0) is 24.8. The number of carbonyl (C=O) groups is 3. The minimum Gasteiger partial charge on any atom is -0.480 e. The van der Waals surface area contributed by atoms with E-state index in [1.54, 1.807) is 4.90 Å². The van der Waals surface area contributed by atoms with Gasteiger partial charge in [-0.05, 0) is 41.5 Å². The number of aliphatic carboxylic acids is 1. The van der Waals surface area contributed by atoms with Crippen molar-refractivity contribution in [1.29, 1.82) is 0 Å². The molecule has 35 heavy (non-hydrogen) atoms. The van der Waals surface area contributed by atoms with Crippen LogP contribution in [0.1, 0.15) is 49.7 Å². The summed E-state index contributed by atoms with van der Waals surface area (Å²) < 4.78 is 10.9. The van der Waals surface area contributed by atoms with Crippen LogP contribution in [0.3, 0.4) is 0 Å². The molecule has 2 aromatic carbocycles. The second kappa shape index (κ2) is 11.4. The van der Waals surface area contributed by atoms with E-state index in [0.717, 1.165) is 11.1 Å². The van der Waals surface area contributed by atoms with Gasteiger partial charge in [-0.3, -0.25) is 4.79 Å². The summed E-state index contributed by atoms with van der Waals surface area (Å²) >= 11 is 0. The second-order valence-electron chi connectivity index (χ2n) is 9.06. The highest BCUT2D eigenvalue weighted by atomic mass is 16.5. The van der Waals surface area contributed by atoms with Gasteiger partial charge in [0.25, 0.3) is 0 Å². The highest BCUT2D eigenvalue weighted by Gasteiger charge is 2.30. The molecule has 1 heterocycles. The molecule has 1 atom stereocenters. The number of ether oxygens (including phenoxy) is 2. The first-order valence-corrected chi connectivity index (χ1v) is 12.2. The Morgan fingerprint density at radius 2 is 1.63 bits per heavy atom. The molecule has 186 valence electrons. The van der Waals surface area contributed by atoms with E-state index in [1.165, 1.54) is 11.1 Å². The van der Waals surface area contributed by atoms with Crippen molar-refractivity contribution in [3.63, 3.8) is 0 Å². The van der Waals surface area contributed by atoms with Crippen LogP contribution in [0.5, 0.6) is 0 Å². The van der Waals surface area contributed by atoms with Gasteiger partial charge in [0, 0.05) is 31.5 Å². The van der Waals surface area contributed by atoms with Crippen LogP contribution in [0.4, 0.5) is 4.79 Å². The van der Waals surface area contributed by atoms with Gasteiger partial charge in [0.1, 0.15) is 13.2 Å². The number of amides is 2. The Labute approximate surface area is 205 Å². The Morgan fingerprint density at radius 1 is 1.03 bits per heavy atom. The number of piperidine rings is 1. The molecule has 2 N–H and O–H groups in total. The largest absolute Gasteiger partial charge is 0.480 e. The van der Waals surface area contributed by atoms with Gasteiger partial charge in [-0.25, -0.2) is 9.59 Å². The Bertz CT molecular complexity index is 1020. The van der Waals surface area contributed by atoms with Crippen molar-refractivity contribution >= 4 is 18.0 Å². The molecule has 0 saturated carbocycles. The van der Waals surface area contributed by atoms with Crippen molar-refractivity contribution in [2.45, 2.75) is 50.7 Å². The molecule has 2 aliphatic rings. The zero-order valence-electron chi connectivity index (χ0n) is 19.9. The number of rotatable bonds is 9. The van der Waals surface area contributed by atoms with Crippen molar-refractivity contribution < 1.29 is 29.0 Å². The van der Waals surface area contributed by atoms with E-state index in [2.05, 4.69) is 29.6 Å². The van der Waals surface area contributed by atoms with Gasteiger partial charge < -0.3 is 24.8 Å². The molecular formula is C27H32N2O6. The van der Waals surface area contributed by atoms with Gasteiger partial charge in [0.2, 0.25) is 5.91 Å². The molecule has 0 spiro atoms. The summed E-state index contributed by atoms with van der Waals surface area (Å²) in [5.74, 6) is -1.04. The maximum absolute atomic E-state index is 12.8. The third kappa shape index (κ3) is 6.00. The maximum Gasteiger partial charge on any atom is 0.407 e. The van der Waals surface area contributed by atoms with Crippen molar-refractivity contribution in [1.82, 2.24) is 10.2 Å². The lowest BCUT2D eigenvalue weighted by atomic mass is 9.98. The number of benzene rings is 2. The van der Waals surface area contributed by atoms with Crippen molar-refractivity contribution in [2.75, 3.05) is 26.3 Å². The lowest BCUT2D eigenvalue weighted by Gasteiger charge is -2.32. The number of nitrogens with one attached hydrogen (secondary N) is 1. The van der Waals surface area contributed by atoms with Crippen LogP contribution < -0.4 is 5.32 Å². The number of fused-ring (bicyclic) bond motifs is 3. The summed E-state index contributed by atoms with van der Waals surface area (Å²) in [7, 11) is 0. The van der Waals surface area contributed by atoms with Gasteiger partial charge in [0.15, 0.2) is 0 Å². The van der Waals surface area contributed by atoms with Crippen LogP contribution in [0.15, 0.2) is 48.5 Å². The summed E-state index contributed by atoms with van der Waals surface area (Å²) in [5, 5.41) is 11.6. The van der Waals surface area contributed by atoms with Gasteiger partial charge in [0.05, 0.1) is 6.10 Å². The topological polar surface area (TPSA) is 105 Å². The minimum atomic E-state index is -0.992. The number of carboxylic acid groups (broad SMARTS) is 1. The molecule has 2 aromatic rings. The Morgan fingerprint density at radius 3 is 2.20 bits per heavy atom. The standard InChI is InChI=1S/C27H32N2O6/c1-2-18(15-25(30)29-13-11-19(12-14-29)34-17-26(31)32)28-27(33)35-16-24-22-9-5-3-7-20(22)21-8-4-6-10-23(21)24/h3-10,18-19,24H,2,11-17H2,1H3,(H,28,33)(H,31,32)/t18-/m0/s1. The van der Waals surface area contributed by atoms with E-state index in [4.69, 9.17) is 14.6 Å². The maximum atomic E-state index is 12.8. The molecule has 2 amide bonds. The molecule has 0 radical (unpaired) electrons. The fourth-order valence-corrected chi connectivity index (χ4v) is 4.91. The van der Waals surface area contributed by atoms with Crippen LogP contribution in [-0.2, 0) is 19.1 Å². The van der Waals surface area contributed by atoms with Crippen LogP contribution in [0.25, 0.3) is 11.1 Å². The Hall–Kier alpha value is -3.39. The first-order chi connectivity index (χ1) is 17.0. The molecule has 1 saturated heterocycles. The SMILES string of the molecule is CC[C@@H](CC(=O)N1CCC(OCC(=O)O)CC1)NC(=O)OCC1c2ccccc2-c2ccccc21. The van der Waals surface area contributed by atoms with E-state index < -0.39 is 12.1 Å². The van der Waals surface area contributed by atoms with Crippen molar-refractivity contribution in [3.05, 3.63) is 59.7 Å². The van der Waals surface area contributed by atoms with E-state index >= 15 is 0 Å². The van der Waals surface area contributed by atoms with E-state index in [-0.39, 0.29) is 43.6 Å². The number of hydrogen-bond donors (Lipinski definition) is 2. The van der Waals surface area contributed by atoms with Crippen molar-refractivity contribution in [2.24, 2.45) is 0 Å². The molecule has 0 unspecified atom stereocenters. The van der Waals surface area contributed by atoms with Crippen LogP contribution in [0.2, 0.25) is 0 Å². The summed E-state index contributed by atoms with van der Waals surface area (Å²) in [6.45, 7) is 2.87. The average molecular weight is 481 g/mol. The van der Waals surface area contributed by atoms with Crippen molar-refractivity contribution in [3.8, 4) is 11.1 Å². The van der Waals surface area contributed by atoms with E-state index in [9.17, 15) is 14.4 Å². The normalized spacial score (nSPS) is 16.3. The van der Waals surface area contributed by atoms with Gasteiger partial charge in [-0.2, -0.15) is 0 Å². The predicted octanol–water partition coefficient (Wildman–Crippen LogP) is 3.79. The summed E-state index contributed by atoms with van der Waals surface area (Å²) in [6, 6.07) is 16.0. The summed E-state index contributed by atoms with van der Waals surface area (Å²) in [6.07, 6.45) is 1.35. The van der Waals surface area contributed by atoms with E-state index in [0.29, 0.717) is 32.4 Å². The number of carbonyl (C=O) groups excluding carboxylic acids is 2. The first-order valence-electron chi connectivity index (χ1n) is 12.2. The number of carboxylic acids is 1. The Kier molecular flexibility index (Phi) is 8.02. The number of nitrogens with zero attached hydrogens (tertiary/aromatic N) is 1. The molecule has 8 nitrogen and oxygen atoms in total. The number of hydrogen-bond acceptors (Lipinski definition) is 5. The third-order valence-electron chi connectivity index (χ3n) is 6.82. The predicted molar refractivity (Wildman–Crippen MR) is 130 cm³/mol. The lowest BCUT2D eigenvalue weighted by molar-refractivity contribution is -0.147. The smallest absolute Gasteiger partial charge is 0.407 e. The second-order valence-corrected chi connectivity index (χ2v) is 9.06. The fourth-order valence-electron chi connectivity index (χ4n) is 4.91. The van der Waals surface area contributed by atoms with Crippen LogP contribution in [0, 0.1) is 0 Å².